The average molecular weight is 390 g/mol. The summed E-state index contributed by atoms with van der Waals surface area (Å²) >= 11 is 1.67. The van der Waals surface area contributed by atoms with Crippen LogP contribution in [0.2, 0.25) is 0 Å². The maximum absolute atomic E-state index is 13.4. The molecule has 0 radical (unpaired) electrons. The van der Waals surface area contributed by atoms with Gasteiger partial charge in [0.1, 0.15) is 17.2 Å². The van der Waals surface area contributed by atoms with Crippen LogP contribution in [0.4, 0.5) is 0 Å². The van der Waals surface area contributed by atoms with Gasteiger partial charge in [-0.25, -0.2) is 4.98 Å². The van der Waals surface area contributed by atoms with Crippen LogP contribution in [-0.2, 0) is 35.5 Å². The molecule has 7 heteroatoms. The second-order valence-corrected chi connectivity index (χ2v) is 8.60. The molecule has 1 fully saturated rings. The molecule has 0 saturated carbocycles. The van der Waals surface area contributed by atoms with Crippen molar-refractivity contribution in [2.75, 3.05) is 19.7 Å². The number of likely N-dealkylation sites (tertiary alicyclic amines) is 1. The first-order valence-electron chi connectivity index (χ1n) is 10.1. The fraction of sp³-hybridized carbons (Fsp3) is 0.650. The Morgan fingerprint density at radius 2 is 1.96 bits per heavy atom. The van der Waals surface area contributed by atoms with Gasteiger partial charge in [-0.05, 0) is 63.6 Å². The minimum atomic E-state index is -0.355. The highest BCUT2D eigenvalue weighted by Gasteiger charge is 2.24. The summed E-state index contributed by atoms with van der Waals surface area (Å²) in [6.07, 6.45) is 7.41. The van der Waals surface area contributed by atoms with Gasteiger partial charge in [-0.3, -0.25) is 19.1 Å². The first kappa shape index (κ1) is 18.6. The van der Waals surface area contributed by atoms with Gasteiger partial charge in [0.25, 0.3) is 5.56 Å². The summed E-state index contributed by atoms with van der Waals surface area (Å²) in [6, 6.07) is 0. The van der Waals surface area contributed by atoms with E-state index in [0.29, 0.717) is 19.0 Å². The van der Waals surface area contributed by atoms with Crippen molar-refractivity contribution < 1.29 is 9.53 Å². The molecule has 146 valence electrons. The lowest BCUT2D eigenvalue weighted by molar-refractivity contribution is -0.144. The number of ether oxygens (including phenoxy) is 1. The van der Waals surface area contributed by atoms with Crippen LogP contribution < -0.4 is 5.56 Å². The second kappa shape index (κ2) is 8.10. The number of aromatic nitrogens is 2. The molecular formula is C20H27N3O3S. The Labute approximate surface area is 163 Å². The summed E-state index contributed by atoms with van der Waals surface area (Å²) in [5.74, 6) is 0.341. The highest BCUT2D eigenvalue weighted by molar-refractivity contribution is 7.18. The largest absolute Gasteiger partial charge is 0.464 e. The van der Waals surface area contributed by atoms with Gasteiger partial charge in [0, 0.05) is 4.88 Å². The topological polar surface area (TPSA) is 64.4 Å². The third-order valence-corrected chi connectivity index (χ3v) is 6.66. The zero-order valence-corrected chi connectivity index (χ0v) is 16.8. The molecule has 1 aliphatic carbocycles. The monoisotopic (exact) mass is 389 g/mol. The molecule has 0 bridgehead atoms. The van der Waals surface area contributed by atoms with Gasteiger partial charge in [0.2, 0.25) is 0 Å². The Balaban J connectivity index is 1.76. The van der Waals surface area contributed by atoms with Gasteiger partial charge >= 0.3 is 5.97 Å². The molecule has 0 spiro atoms. The van der Waals surface area contributed by atoms with Crippen molar-refractivity contribution in [3.05, 3.63) is 26.6 Å². The second-order valence-electron chi connectivity index (χ2n) is 7.51. The number of fused-ring (bicyclic) bond motifs is 3. The number of aryl methyl sites for hydroxylation is 2. The number of thiophene rings is 1. The Kier molecular flexibility index (Phi) is 5.59. The fourth-order valence-corrected chi connectivity index (χ4v) is 5.37. The van der Waals surface area contributed by atoms with Gasteiger partial charge in [0.15, 0.2) is 0 Å². The Bertz CT molecular complexity index is 896. The molecule has 0 N–H and O–H groups in total. The zero-order chi connectivity index (χ0) is 18.8. The van der Waals surface area contributed by atoms with E-state index in [4.69, 9.17) is 9.72 Å². The molecule has 0 atom stereocenters. The van der Waals surface area contributed by atoms with E-state index in [0.717, 1.165) is 49.0 Å². The number of hydrogen-bond donors (Lipinski definition) is 0. The molecular weight excluding hydrogens is 362 g/mol. The summed E-state index contributed by atoms with van der Waals surface area (Å²) in [4.78, 5) is 35.0. The average Bonchev–Trinajstić information content (AvgIpc) is 3.30. The minimum Gasteiger partial charge on any atom is -0.464 e. The van der Waals surface area contributed by atoms with E-state index in [1.807, 2.05) is 6.92 Å². The number of rotatable bonds is 6. The van der Waals surface area contributed by atoms with Crippen LogP contribution in [0.5, 0.6) is 0 Å². The van der Waals surface area contributed by atoms with Crippen molar-refractivity contribution in [1.82, 2.24) is 14.5 Å². The predicted octanol–water partition coefficient (Wildman–Crippen LogP) is 2.89. The summed E-state index contributed by atoms with van der Waals surface area (Å²) in [7, 11) is 0. The number of carbonyl (C=O) groups excluding carboxylic acids is 1. The van der Waals surface area contributed by atoms with Crippen molar-refractivity contribution in [3.8, 4) is 0 Å². The van der Waals surface area contributed by atoms with Crippen LogP contribution in [0.15, 0.2) is 4.79 Å². The van der Waals surface area contributed by atoms with Crippen LogP contribution in [0.1, 0.15) is 55.3 Å². The lowest BCUT2D eigenvalue weighted by atomic mass is 9.97. The van der Waals surface area contributed by atoms with Gasteiger partial charge in [-0.2, -0.15) is 0 Å². The third kappa shape index (κ3) is 3.80. The van der Waals surface area contributed by atoms with Crippen LogP contribution in [0, 0.1) is 0 Å². The van der Waals surface area contributed by atoms with Crippen molar-refractivity contribution in [3.63, 3.8) is 0 Å². The summed E-state index contributed by atoms with van der Waals surface area (Å²) in [6.45, 7) is 4.97. The quantitative estimate of drug-likeness (QED) is 0.711. The van der Waals surface area contributed by atoms with Gasteiger partial charge < -0.3 is 4.74 Å². The number of carbonyl (C=O) groups is 1. The standard InChI is InChI=1S/C20H27N3O3S/c1-2-11-26-17(24)13-23-16(12-22-9-5-6-10-22)21-19-18(20(23)25)14-7-3-4-8-15(14)27-19/h2-13H2,1H3. The molecule has 2 aliphatic rings. The molecule has 0 aromatic carbocycles. The molecule has 6 nitrogen and oxygen atoms in total. The Morgan fingerprint density at radius 3 is 2.74 bits per heavy atom. The molecule has 27 heavy (non-hydrogen) atoms. The first-order chi connectivity index (χ1) is 13.2. The highest BCUT2D eigenvalue weighted by atomic mass is 32.1. The smallest absolute Gasteiger partial charge is 0.326 e. The van der Waals surface area contributed by atoms with E-state index < -0.39 is 0 Å². The minimum absolute atomic E-state index is 0.0461. The molecule has 2 aromatic heterocycles. The Morgan fingerprint density at radius 1 is 1.19 bits per heavy atom. The van der Waals surface area contributed by atoms with Crippen molar-refractivity contribution >= 4 is 27.5 Å². The van der Waals surface area contributed by atoms with Crippen LogP contribution in [-0.4, -0.2) is 40.1 Å². The number of esters is 1. The van der Waals surface area contributed by atoms with E-state index in [1.54, 1.807) is 15.9 Å². The molecule has 3 heterocycles. The van der Waals surface area contributed by atoms with E-state index in [-0.39, 0.29) is 18.1 Å². The van der Waals surface area contributed by atoms with Crippen LogP contribution >= 0.6 is 11.3 Å². The first-order valence-corrected chi connectivity index (χ1v) is 10.9. The molecule has 1 aliphatic heterocycles. The van der Waals surface area contributed by atoms with E-state index in [1.165, 1.54) is 29.7 Å². The maximum atomic E-state index is 13.4. The zero-order valence-electron chi connectivity index (χ0n) is 16.0. The van der Waals surface area contributed by atoms with Crippen molar-refractivity contribution in [1.29, 1.82) is 0 Å². The molecule has 0 amide bonds. The van der Waals surface area contributed by atoms with E-state index in [9.17, 15) is 9.59 Å². The maximum Gasteiger partial charge on any atom is 0.326 e. The van der Waals surface area contributed by atoms with E-state index >= 15 is 0 Å². The molecule has 1 saturated heterocycles. The predicted molar refractivity (Wildman–Crippen MR) is 106 cm³/mol. The van der Waals surface area contributed by atoms with Crippen LogP contribution in [0.3, 0.4) is 0 Å². The lowest BCUT2D eigenvalue weighted by Gasteiger charge is -2.18. The lowest BCUT2D eigenvalue weighted by Crippen LogP contribution is -2.32. The Hall–Kier alpha value is -1.73. The van der Waals surface area contributed by atoms with E-state index in [2.05, 4.69) is 4.90 Å². The fourth-order valence-electron chi connectivity index (χ4n) is 4.10. The summed E-state index contributed by atoms with van der Waals surface area (Å²) in [5.41, 5.74) is 1.10. The normalized spacial score (nSPS) is 17.4. The van der Waals surface area contributed by atoms with Crippen LogP contribution in [0.25, 0.3) is 10.2 Å². The molecule has 4 rings (SSSR count). The van der Waals surface area contributed by atoms with Crippen molar-refractivity contribution in [2.24, 2.45) is 0 Å². The summed E-state index contributed by atoms with van der Waals surface area (Å²) in [5, 5.41) is 0.739. The SMILES string of the molecule is CCCOC(=O)Cn1c(CN2CCCC2)nc2sc3c(c2c1=O)CCCC3. The van der Waals surface area contributed by atoms with Gasteiger partial charge in [-0.15, -0.1) is 11.3 Å². The van der Waals surface area contributed by atoms with Gasteiger partial charge in [-0.1, -0.05) is 6.92 Å². The molecule has 0 unspecified atom stereocenters. The number of nitrogens with zero attached hydrogens (tertiary/aromatic N) is 3. The third-order valence-electron chi connectivity index (χ3n) is 5.47. The van der Waals surface area contributed by atoms with Crippen molar-refractivity contribution in [2.45, 2.75) is 65.0 Å². The highest BCUT2D eigenvalue weighted by Crippen LogP contribution is 2.34. The summed E-state index contributed by atoms with van der Waals surface area (Å²) < 4.78 is 6.81. The number of hydrogen-bond acceptors (Lipinski definition) is 6. The molecule has 2 aromatic rings. The van der Waals surface area contributed by atoms with Gasteiger partial charge in [0.05, 0.1) is 18.5 Å².